The van der Waals surface area contributed by atoms with Crippen molar-refractivity contribution in [2.75, 3.05) is 26.7 Å². The van der Waals surface area contributed by atoms with E-state index in [0.29, 0.717) is 25.2 Å². The summed E-state index contributed by atoms with van der Waals surface area (Å²) in [6.45, 7) is 4.32. The molecule has 1 aliphatic heterocycles. The van der Waals surface area contributed by atoms with Crippen LogP contribution in [-0.2, 0) is 14.3 Å². The lowest BCUT2D eigenvalue weighted by Gasteiger charge is -2.30. The third-order valence-corrected chi connectivity index (χ3v) is 2.96. The van der Waals surface area contributed by atoms with E-state index in [1.165, 1.54) is 7.11 Å². The van der Waals surface area contributed by atoms with Gasteiger partial charge in [-0.15, -0.1) is 0 Å². The fraction of sp³-hybridized carbons (Fsp3) is 0.818. The normalized spacial score (nSPS) is 22.8. The van der Waals surface area contributed by atoms with E-state index in [2.05, 4.69) is 9.64 Å². The Bertz CT molecular complexity index is 240. The molecule has 1 heterocycles. The van der Waals surface area contributed by atoms with Gasteiger partial charge in [-0.05, 0) is 6.42 Å². The quantitative estimate of drug-likeness (QED) is 0.649. The molecule has 4 nitrogen and oxygen atoms in total. The summed E-state index contributed by atoms with van der Waals surface area (Å²) in [7, 11) is 1.40. The number of rotatable bonds is 4. The number of carbonyl (C=O) groups is 2. The summed E-state index contributed by atoms with van der Waals surface area (Å²) in [5.41, 5.74) is 0. The minimum atomic E-state index is -0.181. The Balaban J connectivity index is 2.32. The van der Waals surface area contributed by atoms with E-state index in [4.69, 9.17) is 0 Å². The summed E-state index contributed by atoms with van der Waals surface area (Å²) in [6.07, 6.45) is 1.94. The average molecular weight is 213 g/mol. The van der Waals surface area contributed by atoms with Gasteiger partial charge in [0.1, 0.15) is 5.78 Å². The van der Waals surface area contributed by atoms with Crippen LogP contribution in [0.5, 0.6) is 0 Å². The SMILES string of the molecule is CCC1CN(CCC(=O)OC)CCC1=O. The molecule has 1 atom stereocenters. The molecule has 1 aliphatic rings. The van der Waals surface area contributed by atoms with Crippen molar-refractivity contribution in [2.45, 2.75) is 26.2 Å². The Labute approximate surface area is 90.6 Å². The maximum Gasteiger partial charge on any atom is 0.306 e. The topological polar surface area (TPSA) is 46.6 Å². The fourth-order valence-corrected chi connectivity index (χ4v) is 1.89. The zero-order valence-corrected chi connectivity index (χ0v) is 9.49. The molecule has 0 bridgehead atoms. The zero-order valence-electron chi connectivity index (χ0n) is 9.49. The summed E-state index contributed by atoms with van der Waals surface area (Å²) in [6, 6.07) is 0. The second-order valence-corrected chi connectivity index (χ2v) is 3.95. The van der Waals surface area contributed by atoms with Gasteiger partial charge >= 0.3 is 5.97 Å². The number of likely N-dealkylation sites (tertiary alicyclic amines) is 1. The number of piperidine rings is 1. The van der Waals surface area contributed by atoms with Crippen LogP contribution >= 0.6 is 0 Å². The molecule has 0 radical (unpaired) electrons. The Hall–Kier alpha value is -0.900. The van der Waals surface area contributed by atoms with Crippen molar-refractivity contribution < 1.29 is 14.3 Å². The summed E-state index contributed by atoms with van der Waals surface area (Å²) in [5, 5.41) is 0. The number of methoxy groups -OCH3 is 1. The van der Waals surface area contributed by atoms with Crippen LogP contribution in [0.4, 0.5) is 0 Å². The first-order valence-corrected chi connectivity index (χ1v) is 5.49. The van der Waals surface area contributed by atoms with Crippen molar-refractivity contribution in [1.29, 1.82) is 0 Å². The van der Waals surface area contributed by atoms with Crippen molar-refractivity contribution in [3.05, 3.63) is 0 Å². The van der Waals surface area contributed by atoms with Crippen molar-refractivity contribution in [3.63, 3.8) is 0 Å². The first-order chi connectivity index (χ1) is 7.17. The number of hydrogen-bond acceptors (Lipinski definition) is 4. The first kappa shape index (κ1) is 12.2. The molecule has 0 aromatic rings. The molecule has 4 heteroatoms. The van der Waals surface area contributed by atoms with E-state index in [0.717, 1.165) is 19.5 Å². The second kappa shape index (κ2) is 5.85. The molecule has 1 unspecified atom stereocenters. The smallest absolute Gasteiger partial charge is 0.306 e. The molecule has 0 aromatic heterocycles. The summed E-state index contributed by atoms with van der Waals surface area (Å²) in [5.74, 6) is 0.350. The van der Waals surface area contributed by atoms with Crippen LogP contribution < -0.4 is 0 Å². The highest BCUT2D eigenvalue weighted by Crippen LogP contribution is 2.15. The fourth-order valence-electron chi connectivity index (χ4n) is 1.89. The molecule has 86 valence electrons. The van der Waals surface area contributed by atoms with Gasteiger partial charge in [-0.2, -0.15) is 0 Å². The number of ketones is 1. The average Bonchev–Trinajstić information content (AvgIpc) is 2.27. The molecular weight excluding hydrogens is 194 g/mol. The van der Waals surface area contributed by atoms with E-state index in [-0.39, 0.29) is 11.9 Å². The lowest BCUT2D eigenvalue weighted by molar-refractivity contribution is -0.141. The van der Waals surface area contributed by atoms with E-state index in [1.54, 1.807) is 0 Å². The molecule has 0 saturated carbocycles. The van der Waals surface area contributed by atoms with Gasteiger partial charge in [-0.3, -0.25) is 9.59 Å². The van der Waals surface area contributed by atoms with Gasteiger partial charge in [-0.25, -0.2) is 0 Å². The van der Waals surface area contributed by atoms with Gasteiger partial charge in [0, 0.05) is 32.0 Å². The van der Waals surface area contributed by atoms with Crippen LogP contribution in [0.2, 0.25) is 0 Å². The number of carbonyl (C=O) groups excluding carboxylic acids is 2. The van der Waals surface area contributed by atoms with Gasteiger partial charge in [0.05, 0.1) is 13.5 Å². The van der Waals surface area contributed by atoms with Crippen LogP contribution in [-0.4, -0.2) is 43.4 Å². The van der Waals surface area contributed by atoms with Gasteiger partial charge in [0.2, 0.25) is 0 Å². The lowest BCUT2D eigenvalue weighted by Crippen LogP contribution is -2.41. The highest BCUT2D eigenvalue weighted by atomic mass is 16.5. The van der Waals surface area contributed by atoms with Gasteiger partial charge < -0.3 is 9.64 Å². The Morgan fingerprint density at radius 1 is 1.60 bits per heavy atom. The van der Waals surface area contributed by atoms with Crippen LogP contribution in [0.25, 0.3) is 0 Å². The molecule has 0 amide bonds. The van der Waals surface area contributed by atoms with Crippen molar-refractivity contribution in [3.8, 4) is 0 Å². The molecule has 0 N–H and O–H groups in total. The highest BCUT2D eigenvalue weighted by molar-refractivity contribution is 5.82. The lowest BCUT2D eigenvalue weighted by atomic mass is 9.94. The molecule has 0 spiro atoms. The first-order valence-electron chi connectivity index (χ1n) is 5.49. The maximum atomic E-state index is 11.4. The third kappa shape index (κ3) is 3.63. The minimum Gasteiger partial charge on any atom is -0.469 e. The van der Waals surface area contributed by atoms with Crippen LogP contribution in [0.1, 0.15) is 26.2 Å². The second-order valence-electron chi connectivity index (χ2n) is 3.95. The molecule has 1 rings (SSSR count). The van der Waals surface area contributed by atoms with Crippen LogP contribution in [0.15, 0.2) is 0 Å². The van der Waals surface area contributed by atoms with E-state index >= 15 is 0 Å². The van der Waals surface area contributed by atoms with E-state index in [1.807, 2.05) is 6.92 Å². The summed E-state index contributed by atoms with van der Waals surface area (Å²) in [4.78, 5) is 24.6. The van der Waals surface area contributed by atoms with Crippen molar-refractivity contribution in [1.82, 2.24) is 4.90 Å². The van der Waals surface area contributed by atoms with E-state index in [9.17, 15) is 9.59 Å². The molecule has 1 saturated heterocycles. The number of Topliss-reactive ketones (excluding diaryl/α,β-unsaturated/α-hetero) is 1. The number of ether oxygens (including phenoxy) is 1. The third-order valence-electron chi connectivity index (χ3n) is 2.96. The predicted molar refractivity (Wildman–Crippen MR) is 56.5 cm³/mol. The Morgan fingerprint density at radius 3 is 2.93 bits per heavy atom. The maximum absolute atomic E-state index is 11.4. The van der Waals surface area contributed by atoms with Gasteiger partial charge in [0.15, 0.2) is 0 Å². The van der Waals surface area contributed by atoms with E-state index < -0.39 is 0 Å². The monoisotopic (exact) mass is 213 g/mol. The van der Waals surface area contributed by atoms with Crippen LogP contribution in [0, 0.1) is 5.92 Å². The molecule has 0 aliphatic carbocycles. The zero-order chi connectivity index (χ0) is 11.3. The van der Waals surface area contributed by atoms with Gasteiger partial charge in [-0.1, -0.05) is 6.92 Å². The predicted octanol–water partition coefficient (Wildman–Crippen LogP) is 0.850. The largest absolute Gasteiger partial charge is 0.469 e. The standard InChI is InChI=1S/C11H19NO3/c1-3-9-8-12(6-4-10(9)13)7-5-11(14)15-2/h9H,3-8H2,1-2H3. The number of nitrogens with zero attached hydrogens (tertiary/aromatic N) is 1. The highest BCUT2D eigenvalue weighted by Gasteiger charge is 2.25. The Kier molecular flexibility index (Phi) is 4.75. The van der Waals surface area contributed by atoms with Crippen molar-refractivity contribution in [2.24, 2.45) is 5.92 Å². The molecule has 1 fully saturated rings. The molecule has 15 heavy (non-hydrogen) atoms. The molecular formula is C11H19NO3. The number of esters is 1. The Morgan fingerprint density at radius 2 is 2.33 bits per heavy atom. The summed E-state index contributed by atoms with van der Waals surface area (Å²) < 4.78 is 4.58. The van der Waals surface area contributed by atoms with Crippen LogP contribution in [0.3, 0.4) is 0 Å². The minimum absolute atomic E-state index is 0.163. The number of hydrogen-bond donors (Lipinski definition) is 0. The van der Waals surface area contributed by atoms with Gasteiger partial charge in [0.25, 0.3) is 0 Å². The molecule has 0 aromatic carbocycles. The summed E-state index contributed by atoms with van der Waals surface area (Å²) >= 11 is 0. The van der Waals surface area contributed by atoms with Crippen molar-refractivity contribution >= 4 is 11.8 Å².